The van der Waals surface area contributed by atoms with Crippen molar-refractivity contribution in [2.24, 2.45) is 5.73 Å². The maximum Gasteiger partial charge on any atom is 0.123 e. The summed E-state index contributed by atoms with van der Waals surface area (Å²) in [5.74, 6) is 0.353. The summed E-state index contributed by atoms with van der Waals surface area (Å²) in [5, 5.41) is 8.94. The van der Waals surface area contributed by atoms with E-state index in [2.05, 4.69) is 4.98 Å². The van der Waals surface area contributed by atoms with Crippen molar-refractivity contribution in [2.45, 2.75) is 13.1 Å². The number of hydrogen-bond donors (Lipinski definition) is 1. The number of nitrogens with two attached hydrogens (primary N) is 1. The molecule has 2 aromatic rings. The molecule has 86 valence electrons. The Morgan fingerprint density at radius 2 is 2.29 bits per heavy atom. The van der Waals surface area contributed by atoms with Gasteiger partial charge in [0, 0.05) is 12.4 Å². The lowest BCUT2D eigenvalue weighted by Crippen LogP contribution is -2.09. The molecule has 0 radical (unpaired) electrons. The maximum atomic E-state index is 13.1. The van der Waals surface area contributed by atoms with Crippen molar-refractivity contribution >= 4 is 0 Å². The lowest BCUT2D eigenvalue weighted by Gasteiger charge is -2.08. The Balaban J connectivity index is 2.36. The summed E-state index contributed by atoms with van der Waals surface area (Å²) in [6.45, 7) is 0.706. The van der Waals surface area contributed by atoms with Gasteiger partial charge in [0.05, 0.1) is 24.7 Å². The van der Waals surface area contributed by atoms with Crippen molar-refractivity contribution in [3.63, 3.8) is 0 Å². The van der Waals surface area contributed by atoms with Crippen molar-refractivity contribution in [1.82, 2.24) is 9.55 Å². The Hall–Kier alpha value is -2.19. The highest BCUT2D eigenvalue weighted by Gasteiger charge is 2.07. The standard InChI is InChI=1S/C12H11FN4/c13-11-2-1-9(6-14)10(5-11)8-17-4-3-16-12(17)7-15/h1-5H,7-8,15H2. The molecule has 0 aliphatic rings. The van der Waals surface area contributed by atoms with Gasteiger partial charge in [0.1, 0.15) is 11.6 Å². The van der Waals surface area contributed by atoms with Crippen LogP contribution in [0, 0.1) is 17.1 Å². The number of hydrogen-bond acceptors (Lipinski definition) is 3. The first kappa shape index (κ1) is 11.3. The molecule has 0 bridgehead atoms. The van der Waals surface area contributed by atoms with Gasteiger partial charge >= 0.3 is 0 Å². The highest BCUT2D eigenvalue weighted by Crippen LogP contribution is 2.13. The summed E-state index contributed by atoms with van der Waals surface area (Å²) < 4.78 is 14.9. The zero-order valence-electron chi connectivity index (χ0n) is 9.10. The molecular formula is C12H11FN4. The third kappa shape index (κ3) is 2.32. The quantitative estimate of drug-likeness (QED) is 0.866. The zero-order chi connectivity index (χ0) is 12.3. The largest absolute Gasteiger partial charge is 0.329 e. The van der Waals surface area contributed by atoms with E-state index in [-0.39, 0.29) is 5.82 Å². The van der Waals surface area contributed by atoms with Gasteiger partial charge in [0.25, 0.3) is 0 Å². The molecule has 1 aromatic carbocycles. The molecule has 0 spiro atoms. The number of aromatic nitrogens is 2. The third-order valence-electron chi connectivity index (χ3n) is 2.51. The summed E-state index contributed by atoms with van der Waals surface area (Å²) in [5.41, 5.74) is 6.61. The molecule has 1 heterocycles. The monoisotopic (exact) mass is 230 g/mol. The molecule has 0 aliphatic heterocycles. The van der Waals surface area contributed by atoms with E-state index in [1.54, 1.807) is 17.0 Å². The van der Waals surface area contributed by atoms with Gasteiger partial charge in [-0.1, -0.05) is 0 Å². The zero-order valence-corrected chi connectivity index (χ0v) is 9.10. The van der Waals surface area contributed by atoms with Crippen LogP contribution in [0.25, 0.3) is 0 Å². The summed E-state index contributed by atoms with van der Waals surface area (Å²) >= 11 is 0. The Bertz CT molecular complexity index is 568. The van der Waals surface area contributed by atoms with Gasteiger partial charge in [-0.3, -0.25) is 0 Å². The van der Waals surface area contributed by atoms with Crippen molar-refractivity contribution in [3.8, 4) is 6.07 Å². The van der Waals surface area contributed by atoms with Gasteiger partial charge in [-0.15, -0.1) is 0 Å². The molecule has 0 unspecified atom stereocenters. The minimum Gasteiger partial charge on any atom is -0.329 e. The number of imidazole rings is 1. The van der Waals surface area contributed by atoms with E-state index in [4.69, 9.17) is 11.0 Å². The SMILES string of the molecule is N#Cc1ccc(F)cc1Cn1ccnc1CN. The van der Waals surface area contributed by atoms with E-state index < -0.39 is 0 Å². The van der Waals surface area contributed by atoms with Gasteiger partial charge in [-0.25, -0.2) is 9.37 Å². The molecule has 0 aliphatic carbocycles. The number of nitrogens with zero attached hydrogens (tertiary/aromatic N) is 3. The van der Waals surface area contributed by atoms with E-state index in [0.717, 1.165) is 0 Å². The smallest absolute Gasteiger partial charge is 0.123 e. The fourth-order valence-corrected chi connectivity index (χ4v) is 1.66. The van der Waals surface area contributed by atoms with Gasteiger partial charge in [-0.2, -0.15) is 5.26 Å². The molecule has 17 heavy (non-hydrogen) atoms. The predicted molar refractivity (Wildman–Crippen MR) is 60.3 cm³/mol. The first-order valence-electron chi connectivity index (χ1n) is 5.13. The van der Waals surface area contributed by atoms with E-state index in [1.165, 1.54) is 18.2 Å². The Labute approximate surface area is 98.1 Å². The highest BCUT2D eigenvalue weighted by molar-refractivity contribution is 5.38. The summed E-state index contributed by atoms with van der Waals surface area (Å²) in [6.07, 6.45) is 3.39. The van der Waals surface area contributed by atoms with Crippen LogP contribution in [0.3, 0.4) is 0 Å². The molecule has 0 atom stereocenters. The first-order valence-corrected chi connectivity index (χ1v) is 5.13. The fourth-order valence-electron chi connectivity index (χ4n) is 1.66. The number of benzene rings is 1. The molecule has 2 rings (SSSR count). The van der Waals surface area contributed by atoms with Crippen molar-refractivity contribution in [1.29, 1.82) is 5.26 Å². The van der Waals surface area contributed by atoms with Crippen LogP contribution in [0.15, 0.2) is 30.6 Å². The summed E-state index contributed by atoms with van der Waals surface area (Å²) in [6, 6.07) is 6.15. The highest BCUT2D eigenvalue weighted by atomic mass is 19.1. The molecule has 2 N–H and O–H groups in total. The van der Waals surface area contributed by atoms with Crippen molar-refractivity contribution < 1.29 is 4.39 Å². The van der Waals surface area contributed by atoms with Crippen molar-refractivity contribution in [2.75, 3.05) is 0 Å². The molecule has 0 amide bonds. The van der Waals surface area contributed by atoms with E-state index >= 15 is 0 Å². The van der Waals surface area contributed by atoms with Crippen LogP contribution in [0.1, 0.15) is 17.0 Å². The van der Waals surface area contributed by atoms with Crippen LogP contribution in [0.4, 0.5) is 4.39 Å². The first-order chi connectivity index (χ1) is 8.24. The van der Waals surface area contributed by atoms with E-state index in [9.17, 15) is 4.39 Å². The van der Waals surface area contributed by atoms with Crippen LogP contribution in [-0.2, 0) is 13.1 Å². The maximum absolute atomic E-state index is 13.1. The molecule has 5 heteroatoms. The predicted octanol–water partition coefficient (Wildman–Crippen LogP) is 1.40. The molecule has 0 fully saturated rings. The molecule has 1 aromatic heterocycles. The topological polar surface area (TPSA) is 67.6 Å². The second-order valence-corrected chi connectivity index (χ2v) is 3.59. The van der Waals surface area contributed by atoms with Gasteiger partial charge in [-0.05, 0) is 23.8 Å². The Morgan fingerprint density at radius 1 is 1.47 bits per heavy atom. The summed E-state index contributed by atoms with van der Waals surface area (Å²) in [4.78, 5) is 4.07. The van der Waals surface area contributed by atoms with Crippen LogP contribution >= 0.6 is 0 Å². The normalized spacial score (nSPS) is 10.2. The molecule has 0 saturated heterocycles. The second kappa shape index (κ2) is 4.76. The van der Waals surface area contributed by atoms with Crippen molar-refractivity contribution in [3.05, 3.63) is 53.4 Å². The fraction of sp³-hybridized carbons (Fsp3) is 0.167. The third-order valence-corrected chi connectivity index (χ3v) is 2.51. The van der Waals surface area contributed by atoms with Crippen LogP contribution in [-0.4, -0.2) is 9.55 Å². The number of halogens is 1. The Morgan fingerprint density at radius 3 is 3.00 bits per heavy atom. The Kier molecular flexibility index (Phi) is 3.17. The van der Waals surface area contributed by atoms with Crippen LogP contribution in [0.2, 0.25) is 0 Å². The van der Waals surface area contributed by atoms with E-state index in [0.29, 0.717) is 30.0 Å². The minimum atomic E-state index is -0.353. The minimum absolute atomic E-state index is 0.310. The lowest BCUT2D eigenvalue weighted by molar-refractivity contribution is 0.621. The molecule has 4 nitrogen and oxygen atoms in total. The van der Waals surface area contributed by atoms with Gasteiger partial charge in [0.2, 0.25) is 0 Å². The van der Waals surface area contributed by atoms with Gasteiger partial charge < -0.3 is 10.3 Å². The molecular weight excluding hydrogens is 219 g/mol. The average Bonchev–Trinajstić information content (AvgIpc) is 2.77. The lowest BCUT2D eigenvalue weighted by atomic mass is 10.1. The molecule has 0 saturated carbocycles. The summed E-state index contributed by atoms with van der Waals surface area (Å²) in [7, 11) is 0. The van der Waals surface area contributed by atoms with E-state index in [1.807, 2.05) is 6.07 Å². The van der Waals surface area contributed by atoms with Crippen LogP contribution < -0.4 is 5.73 Å². The average molecular weight is 230 g/mol. The van der Waals surface area contributed by atoms with Crippen LogP contribution in [0.5, 0.6) is 0 Å². The second-order valence-electron chi connectivity index (χ2n) is 3.59. The number of rotatable bonds is 3. The number of nitriles is 1. The van der Waals surface area contributed by atoms with Gasteiger partial charge in [0.15, 0.2) is 0 Å².